The van der Waals surface area contributed by atoms with Gasteiger partial charge in [-0.15, -0.1) is 0 Å². The molecule has 0 saturated carbocycles. The van der Waals surface area contributed by atoms with Crippen molar-refractivity contribution in [2.45, 2.75) is 20.3 Å². The summed E-state index contributed by atoms with van der Waals surface area (Å²) in [5.41, 5.74) is 1.79. The number of rotatable bonds is 6. The summed E-state index contributed by atoms with van der Waals surface area (Å²) in [6, 6.07) is 11.4. The highest BCUT2D eigenvalue weighted by atomic mass is 16.2. The Morgan fingerprint density at radius 2 is 2.00 bits per heavy atom. The fraction of sp³-hybridized carbons (Fsp3) is 0.263. The first-order chi connectivity index (χ1) is 11.1. The van der Waals surface area contributed by atoms with Gasteiger partial charge in [-0.25, -0.2) is 0 Å². The number of nitrogens with zero attached hydrogens (tertiary/aromatic N) is 1. The largest absolute Gasteiger partial charge is 0.364 e. The van der Waals surface area contributed by atoms with E-state index in [1.54, 1.807) is 11.8 Å². The zero-order chi connectivity index (χ0) is 16.7. The van der Waals surface area contributed by atoms with Gasteiger partial charge in [-0.3, -0.25) is 9.59 Å². The normalized spacial score (nSPS) is 10.9. The lowest BCUT2D eigenvalue weighted by Crippen LogP contribution is -2.35. The number of aryl methyl sites for hydroxylation is 1. The summed E-state index contributed by atoms with van der Waals surface area (Å²) < 4.78 is 0. The molecule has 0 aliphatic carbocycles. The number of hydrogen-bond donors (Lipinski definition) is 1. The van der Waals surface area contributed by atoms with Crippen molar-refractivity contribution >= 4 is 12.0 Å². The van der Waals surface area contributed by atoms with Crippen LogP contribution in [0.3, 0.4) is 0 Å². The van der Waals surface area contributed by atoms with Crippen molar-refractivity contribution in [2.75, 3.05) is 13.1 Å². The highest BCUT2D eigenvalue weighted by Crippen LogP contribution is 2.05. The van der Waals surface area contributed by atoms with Crippen LogP contribution in [0.5, 0.6) is 0 Å². The van der Waals surface area contributed by atoms with Gasteiger partial charge < -0.3 is 9.88 Å². The number of aromatic nitrogens is 1. The number of pyridine rings is 1. The molecule has 0 aliphatic heterocycles. The Bertz CT molecular complexity index is 733. The Balaban J connectivity index is 2.12. The van der Waals surface area contributed by atoms with E-state index < -0.39 is 0 Å². The van der Waals surface area contributed by atoms with E-state index in [-0.39, 0.29) is 16.9 Å². The molecule has 0 spiro atoms. The molecule has 1 aromatic heterocycles. The molecule has 0 atom stereocenters. The van der Waals surface area contributed by atoms with E-state index in [2.05, 4.69) is 4.98 Å². The van der Waals surface area contributed by atoms with E-state index in [0.29, 0.717) is 13.1 Å². The van der Waals surface area contributed by atoms with Crippen molar-refractivity contribution in [1.29, 1.82) is 0 Å². The molecule has 0 bridgehead atoms. The average molecular weight is 310 g/mol. The molecule has 2 aromatic rings. The molecule has 1 N–H and O–H groups in total. The molecule has 1 heterocycles. The molecule has 1 amide bonds. The molecule has 0 aliphatic rings. The second-order valence-corrected chi connectivity index (χ2v) is 5.46. The van der Waals surface area contributed by atoms with Crippen LogP contribution < -0.4 is 5.43 Å². The SMILES string of the molecule is CCCN(C/C=C/c1ccccc1)C(=O)c1c[nH]c(C)cc1=O. The fourth-order valence-electron chi connectivity index (χ4n) is 2.34. The predicted octanol–water partition coefficient (Wildman–Crippen LogP) is 3.25. The summed E-state index contributed by atoms with van der Waals surface area (Å²) in [5.74, 6) is -0.231. The number of hydrogen-bond acceptors (Lipinski definition) is 2. The number of carbonyl (C=O) groups is 1. The summed E-state index contributed by atoms with van der Waals surface area (Å²) in [6.07, 6.45) is 6.28. The Morgan fingerprint density at radius 3 is 2.65 bits per heavy atom. The molecule has 2 rings (SSSR count). The number of nitrogens with one attached hydrogen (secondary N) is 1. The molecule has 23 heavy (non-hydrogen) atoms. The molecule has 0 radical (unpaired) electrons. The van der Waals surface area contributed by atoms with Crippen LogP contribution in [0.15, 0.2) is 53.5 Å². The molecule has 120 valence electrons. The van der Waals surface area contributed by atoms with Crippen molar-refractivity contribution in [3.63, 3.8) is 0 Å². The monoisotopic (exact) mass is 310 g/mol. The second-order valence-electron chi connectivity index (χ2n) is 5.46. The van der Waals surface area contributed by atoms with E-state index in [1.807, 2.05) is 49.4 Å². The van der Waals surface area contributed by atoms with Gasteiger partial charge in [0.2, 0.25) is 0 Å². The van der Waals surface area contributed by atoms with Crippen LogP contribution in [-0.4, -0.2) is 28.9 Å². The summed E-state index contributed by atoms with van der Waals surface area (Å²) in [4.78, 5) is 29.2. The molecule has 1 aromatic carbocycles. The number of aromatic amines is 1. The van der Waals surface area contributed by atoms with Crippen LogP contribution in [-0.2, 0) is 0 Å². The minimum Gasteiger partial charge on any atom is -0.364 e. The maximum Gasteiger partial charge on any atom is 0.259 e. The highest BCUT2D eigenvalue weighted by Gasteiger charge is 2.16. The van der Waals surface area contributed by atoms with E-state index >= 15 is 0 Å². The molecule has 4 heteroatoms. The van der Waals surface area contributed by atoms with Gasteiger partial charge in [-0.2, -0.15) is 0 Å². The maximum atomic E-state index is 12.6. The highest BCUT2D eigenvalue weighted by molar-refractivity contribution is 5.94. The first kappa shape index (κ1) is 16.7. The van der Waals surface area contributed by atoms with Crippen LogP contribution >= 0.6 is 0 Å². The van der Waals surface area contributed by atoms with Gasteiger partial charge in [-0.05, 0) is 18.9 Å². The standard InChI is InChI=1S/C19H22N2O2/c1-3-11-21(12-7-10-16-8-5-4-6-9-16)19(23)17-14-20-15(2)13-18(17)22/h4-10,13-14H,3,11-12H2,1-2H3,(H,20,22)/b10-7+. The summed E-state index contributed by atoms with van der Waals surface area (Å²) in [5, 5.41) is 0. The molecular weight excluding hydrogens is 288 g/mol. The molecule has 0 unspecified atom stereocenters. The fourth-order valence-corrected chi connectivity index (χ4v) is 2.34. The minimum absolute atomic E-state index is 0.192. The van der Waals surface area contributed by atoms with E-state index in [0.717, 1.165) is 17.7 Å². The van der Waals surface area contributed by atoms with Crippen molar-refractivity contribution in [1.82, 2.24) is 9.88 Å². The van der Waals surface area contributed by atoms with E-state index in [1.165, 1.54) is 12.3 Å². The van der Waals surface area contributed by atoms with Crippen LogP contribution in [0.2, 0.25) is 0 Å². The Morgan fingerprint density at radius 1 is 1.26 bits per heavy atom. The van der Waals surface area contributed by atoms with Gasteiger partial charge in [0.05, 0.1) is 0 Å². The summed E-state index contributed by atoms with van der Waals surface area (Å²) >= 11 is 0. The van der Waals surface area contributed by atoms with Crippen molar-refractivity contribution < 1.29 is 4.79 Å². The Labute approximate surface area is 136 Å². The lowest BCUT2D eigenvalue weighted by atomic mass is 10.2. The third-order valence-corrected chi connectivity index (χ3v) is 3.50. The van der Waals surface area contributed by atoms with Crippen LogP contribution in [0.1, 0.15) is 35.0 Å². The first-order valence-electron chi connectivity index (χ1n) is 7.82. The maximum absolute atomic E-state index is 12.6. The van der Waals surface area contributed by atoms with Gasteiger partial charge >= 0.3 is 0 Å². The van der Waals surface area contributed by atoms with Gasteiger partial charge in [-0.1, -0.05) is 49.4 Å². The third kappa shape index (κ3) is 4.68. The molecule has 4 nitrogen and oxygen atoms in total. The number of H-pyrrole nitrogens is 1. The topological polar surface area (TPSA) is 53.2 Å². The van der Waals surface area contributed by atoms with E-state index in [4.69, 9.17) is 0 Å². The van der Waals surface area contributed by atoms with Crippen molar-refractivity contribution in [2.24, 2.45) is 0 Å². The molecule has 0 saturated heterocycles. The number of amides is 1. The second kappa shape index (κ2) is 8.13. The molecular formula is C19H22N2O2. The van der Waals surface area contributed by atoms with Crippen LogP contribution in [0, 0.1) is 6.92 Å². The average Bonchev–Trinajstić information content (AvgIpc) is 2.54. The lowest BCUT2D eigenvalue weighted by Gasteiger charge is -2.20. The van der Waals surface area contributed by atoms with Crippen LogP contribution in [0.4, 0.5) is 0 Å². The Hall–Kier alpha value is -2.62. The summed E-state index contributed by atoms with van der Waals surface area (Å²) in [6.45, 7) is 4.91. The number of carbonyl (C=O) groups excluding carboxylic acids is 1. The predicted molar refractivity (Wildman–Crippen MR) is 93.5 cm³/mol. The smallest absolute Gasteiger partial charge is 0.259 e. The van der Waals surface area contributed by atoms with Crippen molar-refractivity contribution in [3.05, 3.63) is 75.7 Å². The van der Waals surface area contributed by atoms with Gasteiger partial charge in [0.15, 0.2) is 5.43 Å². The zero-order valence-electron chi connectivity index (χ0n) is 13.6. The van der Waals surface area contributed by atoms with Gasteiger partial charge in [0.1, 0.15) is 5.56 Å². The van der Waals surface area contributed by atoms with E-state index in [9.17, 15) is 9.59 Å². The first-order valence-corrected chi connectivity index (χ1v) is 7.82. The Kier molecular flexibility index (Phi) is 5.92. The zero-order valence-corrected chi connectivity index (χ0v) is 13.6. The summed E-state index contributed by atoms with van der Waals surface area (Å²) in [7, 11) is 0. The molecule has 0 fully saturated rings. The quantitative estimate of drug-likeness (QED) is 0.890. The van der Waals surface area contributed by atoms with Gasteiger partial charge in [0, 0.05) is 31.0 Å². The van der Waals surface area contributed by atoms with Crippen molar-refractivity contribution in [3.8, 4) is 0 Å². The third-order valence-electron chi connectivity index (χ3n) is 3.50. The van der Waals surface area contributed by atoms with Crippen LogP contribution in [0.25, 0.3) is 6.08 Å². The lowest BCUT2D eigenvalue weighted by molar-refractivity contribution is 0.0772. The minimum atomic E-state index is -0.237. The number of benzene rings is 1. The van der Waals surface area contributed by atoms with Gasteiger partial charge in [0.25, 0.3) is 5.91 Å².